The molecule has 2 aromatic rings. The van der Waals surface area contributed by atoms with Gasteiger partial charge in [-0.3, -0.25) is 14.9 Å². The Morgan fingerprint density at radius 3 is 2.69 bits per heavy atom. The number of non-ortho nitro benzene ring substituents is 1. The molecule has 1 fully saturated rings. The van der Waals surface area contributed by atoms with Gasteiger partial charge in [0.1, 0.15) is 0 Å². The van der Waals surface area contributed by atoms with Crippen LogP contribution in [-0.4, -0.2) is 22.5 Å². The Morgan fingerprint density at radius 2 is 2.08 bits per heavy atom. The van der Waals surface area contributed by atoms with Gasteiger partial charge < -0.3 is 10.4 Å². The van der Waals surface area contributed by atoms with Gasteiger partial charge in [-0.25, -0.2) is 0 Å². The maximum Gasteiger partial charge on any atom is 0.270 e. The van der Waals surface area contributed by atoms with Crippen molar-refractivity contribution in [2.75, 3.05) is 6.54 Å². The Balaban J connectivity index is 1.75. The third-order valence-electron chi connectivity index (χ3n) is 5.03. The van der Waals surface area contributed by atoms with E-state index >= 15 is 0 Å². The van der Waals surface area contributed by atoms with Crippen molar-refractivity contribution in [3.8, 4) is 0 Å². The zero-order valence-electron chi connectivity index (χ0n) is 14.6. The number of carbonyl (C=O) groups is 1. The standard InChI is InChI=1S/C19H22N2O4S/c1-13(22)16-7-8-17(26-16)19(9-2-3-10-19)12-20-18(23)14-5-4-6-15(11-14)21(24)25/h4-8,11,13,22H,2-3,9-10,12H2,1H3,(H,20,23). The summed E-state index contributed by atoms with van der Waals surface area (Å²) in [5.41, 5.74) is 0.0880. The number of nitro groups is 1. The molecule has 1 aliphatic carbocycles. The fraction of sp³-hybridized carbons (Fsp3) is 0.421. The monoisotopic (exact) mass is 374 g/mol. The Kier molecular flexibility index (Phi) is 5.38. The SMILES string of the molecule is CC(O)c1ccc(C2(CNC(=O)c3cccc([N+](=O)[O-])c3)CCCC2)s1. The molecular formula is C19H22N2O4S. The van der Waals surface area contributed by atoms with Gasteiger partial charge in [0.2, 0.25) is 0 Å². The number of aliphatic hydroxyl groups excluding tert-OH is 1. The smallest absolute Gasteiger partial charge is 0.270 e. The molecule has 1 heterocycles. The van der Waals surface area contributed by atoms with Crippen LogP contribution >= 0.6 is 11.3 Å². The molecule has 6 nitrogen and oxygen atoms in total. The lowest BCUT2D eigenvalue weighted by molar-refractivity contribution is -0.384. The maximum atomic E-state index is 12.5. The number of aliphatic hydroxyl groups is 1. The molecule has 1 atom stereocenters. The molecule has 3 rings (SSSR count). The molecule has 0 aliphatic heterocycles. The summed E-state index contributed by atoms with van der Waals surface area (Å²) in [6, 6.07) is 9.78. The summed E-state index contributed by atoms with van der Waals surface area (Å²) < 4.78 is 0. The van der Waals surface area contributed by atoms with Crippen LogP contribution in [-0.2, 0) is 5.41 Å². The molecule has 2 N–H and O–H groups in total. The molecule has 1 aliphatic rings. The Bertz CT molecular complexity index is 809. The van der Waals surface area contributed by atoms with E-state index in [2.05, 4.69) is 11.4 Å². The van der Waals surface area contributed by atoms with Crippen LogP contribution in [0.4, 0.5) is 5.69 Å². The molecule has 1 aromatic heterocycles. The average molecular weight is 374 g/mol. The van der Waals surface area contributed by atoms with E-state index in [4.69, 9.17) is 0 Å². The fourth-order valence-electron chi connectivity index (χ4n) is 3.54. The number of rotatable bonds is 6. The highest BCUT2D eigenvalue weighted by molar-refractivity contribution is 7.12. The van der Waals surface area contributed by atoms with Crippen molar-refractivity contribution in [3.05, 3.63) is 61.8 Å². The summed E-state index contributed by atoms with van der Waals surface area (Å²) in [7, 11) is 0. The molecule has 0 saturated heterocycles. The molecule has 1 aromatic carbocycles. The largest absolute Gasteiger partial charge is 0.388 e. The van der Waals surface area contributed by atoms with E-state index in [1.165, 1.54) is 23.1 Å². The number of nitrogens with one attached hydrogen (secondary N) is 1. The summed E-state index contributed by atoms with van der Waals surface area (Å²) in [4.78, 5) is 25.0. The molecule has 138 valence electrons. The number of hydrogen-bond donors (Lipinski definition) is 2. The lowest BCUT2D eigenvalue weighted by atomic mass is 9.84. The minimum Gasteiger partial charge on any atom is -0.388 e. The highest BCUT2D eigenvalue weighted by atomic mass is 32.1. The number of amides is 1. The van der Waals surface area contributed by atoms with Crippen LogP contribution in [0.1, 0.15) is 58.8 Å². The van der Waals surface area contributed by atoms with Crippen LogP contribution in [0.2, 0.25) is 0 Å². The van der Waals surface area contributed by atoms with Crippen molar-refractivity contribution in [2.24, 2.45) is 0 Å². The van der Waals surface area contributed by atoms with Crippen LogP contribution in [0.25, 0.3) is 0 Å². The van der Waals surface area contributed by atoms with E-state index < -0.39 is 11.0 Å². The van der Waals surface area contributed by atoms with Crippen molar-refractivity contribution in [1.82, 2.24) is 5.32 Å². The Hall–Kier alpha value is -2.25. The number of nitrogens with zero attached hydrogens (tertiary/aromatic N) is 1. The Morgan fingerprint density at radius 1 is 1.35 bits per heavy atom. The molecule has 1 amide bonds. The molecule has 0 radical (unpaired) electrons. The molecule has 0 bridgehead atoms. The van der Waals surface area contributed by atoms with Crippen LogP contribution in [0, 0.1) is 10.1 Å². The minimum atomic E-state index is -0.502. The van der Waals surface area contributed by atoms with Crippen LogP contribution in [0.5, 0.6) is 0 Å². The lowest BCUT2D eigenvalue weighted by Gasteiger charge is -2.28. The number of carbonyl (C=O) groups excluding carboxylic acids is 1. The van der Waals surface area contributed by atoms with Gasteiger partial charge >= 0.3 is 0 Å². The highest BCUT2D eigenvalue weighted by Crippen LogP contribution is 2.44. The lowest BCUT2D eigenvalue weighted by Crippen LogP contribution is -2.38. The first-order valence-corrected chi connectivity index (χ1v) is 9.54. The number of thiophene rings is 1. The second-order valence-electron chi connectivity index (χ2n) is 6.86. The van der Waals surface area contributed by atoms with Gasteiger partial charge in [0.15, 0.2) is 0 Å². The zero-order chi connectivity index (χ0) is 18.7. The quantitative estimate of drug-likeness (QED) is 0.591. The number of benzene rings is 1. The third-order valence-corrected chi connectivity index (χ3v) is 6.53. The molecule has 26 heavy (non-hydrogen) atoms. The number of nitro benzene ring substituents is 1. The minimum absolute atomic E-state index is 0.0898. The number of hydrogen-bond acceptors (Lipinski definition) is 5. The van der Waals surface area contributed by atoms with Gasteiger partial charge in [-0.2, -0.15) is 0 Å². The summed E-state index contributed by atoms with van der Waals surface area (Å²) in [5, 5.41) is 23.6. The molecule has 7 heteroatoms. The second kappa shape index (κ2) is 7.55. The van der Waals surface area contributed by atoms with E-state index in [9.17, 15) is 20.0 Å². The van der Waals surface area contributed by atoms with Gasteiger partial charge in [-0.15, -0.1) is 11.3 Å². The maximum absolute atomic E-state index is 12.5. The first-order valence-electron chi connectivity index (χ1n) is 8.72. The normalized spacial score (nSPS) is 17.0. The molecule has 1 saturated carbocycles. The van der Waals surface area contributed by atoms with Gasteiger partial charge in [-0.1, -0.05) is 18.9 Å². The van der Waals surface area contributed by atoms with Gasteiger partial charge in [0, 0.05) is 39.4 Å². The van der Waals surface area contributed by atoms with Gasteiger partial charge in [-0.05, 0) is 38.0 Å². The summed E-state index contributed by atoms with van der Waals surface area (Å²) in [6.45, 7) is 2.25. The summed E-state index contributed by atoms with van der Waals surface area (Å²) >= 11 is 1.60. The van der Waals surface area contributed by atoms with Crippen LogP contribution in [0.15, 0.2) is 36.4 Å². The van der Waals surface area contributed by atoms with Crippen molar-refractivity contribution in [1.29, 1.82) is 0 Å². The predicted molar refractivity (Wildman–Crippen MR) is 101 cm³/mol. The first kappa shape index (κ1) is 18.5. The van der Waals surface area contributed by atoms with E-state index in [0.717, 1.165) is 30.6 Å². The van der Waals surface area contributed by atoms with Crippen LogP contribution < -0.4 is 5.32 Å². The average Bonchev–Trinajstić information content (AvgIpc) is 3.30. The van der Waals surface area contributed by atoms with Crippen molar-refractivity contribution in [3.63, 3.8) is 0 Å². The van der Waals surface area contributed by atoms with Gasteiger partial charge in [0.05, 0.1) is 11.0 Å². The zero-order valence-corrected chi connectivity index (χ0v) is 15.4. The molecular weight excluding hydrogens is 352 g/mol. The van der Waals surface area contributed by atoms with E-state index in [1.54, 1.807) is 24.3 Å². The van der Waals surface area contributed by atoms with Crippen LogP contribution in [0.3, 0.4) is 0 Å². The Labute approximate surface area is 156 Å². The topological polar surface area (TPSA) is 92.5 Å². The van der Waals surface area contributed by atoms with Crippen molar-refractivity contribution in [2.45, 2.75) is 44.1 Å². The summed E-state index contributed by atoms with van der Waals surface area (Å²) in [5.74, 6) is -0.299. The fourth-order valence-corrected chi connectivity index (χ4v) is 4.73. The molecule has 0 spiro atoms. The third kappa shape index (κ3) is 3.78. The molecule has 1 unspecified atom stereocenters. The van der Waals surface area contributed by atoms with Crippen molar-refractivity contribution >= 4 is 22.9 Å². The van der Waals surface area contributed by atoms with Crippen molar-refractivity contribution < 1.29 is 14.8 Å². The van der Waals surface area contributed by atoms with E-state index in [-0.39, 0.29) is 17.0 Å². The summed E-state index contributed by atoms with van der Waals surface area (Å²) in [6.07, 6.45) is 3.69. The van der Waals surface area contributed by atoms with E-state index in [0.29, 0.717) is 12.1 Å². The van der Waals surface area contributed by atoms with Gasteiger partial charge in [0.25, 0.3) is 11.6 Å². The predicted octanol–water partition coefficient (Wildman–Crippen LogP) is 3.95. The second-order valence-corrected chi connectivity index (χ2v) is 7.97. The highest BCUT2D eigenvalue weighted by Gasteiger charge is 2.37. The first-order chi connectivity index (χ1) is 12.4. The van der Waals surface area contributed by atoms with E-state index in [1.807, 2.05) is 6.07 Å².